The third-order valence-corrected chi connectivity index (χ3v) is 3.89. The highest BCUT2D eigenvalue weighted by Crippen LogP contribution is 2.31. The summed E-state index contributed by atoms with van der Waals surface area (Å²) in [5.74, 6) is -0.0179. The normalized spacial score (nSPS) is 18.2. The molecule has 108 valence electrons. The monoisotopic (exact) mass is 281 g/mol. The first-order valence-electron chi connectivity index (χ1n) is 7.30. The molecule has 3 rings (SSSR count). The lowest BCUT2D eigenvalue weighted by molar-refractivity contribution is -0.123. The molecule has 4 heteroatoms. The molecule has 1 unspecified atom stereocenters. The number of benzene rings is 1. The van der Waals surface area contributed by atoms with E-state index in [1.165, 1.54) is 0 Å². The maximum absolute atomic E-state index is 12.6. The molecule has 4 nitrogen and oxygen atoms in total. The minimum Gasteiger partial charge on any atom is -0.385 e. The van der Waals surface area contributed by atoms with Gasteiger partial charge in [0.1, 0.15) is 0 Å². The van der Waals surface area contributed by atoms with Gasteiger partial charge in [-0.15, -0.1) is 0 Å². The number of carbonyl (C=O) groups is 1. The molecule has 2 heterocycles. The lowest BCUT2D eigenvalue weighted by Crippen LogP contribution is -2.34. The van der Waals surface area contributed by atoms with Gasteiger partial charge in [0.2, 0.25) is 5.91 Å². The van der Waals surface area contributed by atoms with Gasteiger partial charge in [-0.25, -0.2) is 0 Å². The van der Waals surface area contributed by atoms with Crippen molar-refractivity contribution in [3.05, 3.63) is 59.9 Å². The molecule has 0 radical (unpaired) electrons. The minimum absolute atomic E-state index is 0.0714. The zero-order valence-corrected chi connectivity index (χ0v) is 12.0. The molecular formula is C17H19N3O. The lowest BCUT2D eigenvalue weighted by atomic mass is 9.90. The molecule has 2 aromatic rings. The van der Waals surface area contributed by atoms with Crippen LogP contribution < -0.4 is 10.6 Å². The molecule has 0 bridgehead atoms. The number of nitrogens with one attached hydrogen (secondary N) is 2. The van der Waals surface area contributed by atoms with Crippen molar-refractivity contribution in [2.24, 2.45) is 0 Å². The molecule has 2 N–H and O–H groups in total. The van der Waals surface area contributed by atoms with E-state index in [2.05, 4.69) is 15.6 Å². The van der Waals surface area contributed by atoms with Crippen molar-refractivity contribution in [1.82, 2.24) is 10.3 Å². The molecule has 0 spiro atoms. The molecule has 1 amide bonds. The number of hydrogen-bond donors (Lipinski definition) is 2. The predicted molar refractivity (Wildman–Crippen MR) is 83.1 cm³/mol. The van der Waals surface area contributed by atoms with Crippen LogP contribution in [0.5, 0.6) is 0 Å². The van der Waals surface area contributed by atoms with E-state index in [0.717, 1.165) is 29.9 Å². The Labute approximate surface area is 124 Å². The second-order valence-electron chi connectivity index (χ2n) is 5.34. The topological polar surface area (TPSA) is 54.0 Å². The van der Waals surface area contributed by atoms with Gasteiger partial charge in [0, 0.05) is 18.4 Å². The Morgan fingerprint density at radius 1 is 1.29 bits per heavy atom. The largest absolute Gasteiger partial charge is 0.385 e. The molecule has 0 aliphatic carbocycles. The van der Waals surface area contributed by atoms with Gasteiger partial charge in [0.15, 0.2) is 0 Å². The second kappa shape index (κ2) is 5.95. The van der Waals surface area contributed by atoms with Gasteiger partial charge >= 0.3 is 0 Å². The fourth-order valence-electron chi connectivity index (χ4n) is 2.76. The van der Waals surface area contributed by atoms with Crippen LogP contribution in [0.2, 0.25) is 0 Å². The lowest BCUT2D eigenvalue weighted by Gasteiger charge is -2.27. The van der Waals surface area contributed by atoms with E-state index < -0.39 is 0 Å². The van der Waals surface area contributed by atoms with Crippen LogP contribution in [0.25, 0.3) is 0 Å². The minimum atomic E-state index is -0.0892. The second-order valence-corrected chi connectivity index (χ2v) is 5.34. The van der Waals surface area contributed by atoms with Crippen molar-refractivity contribution < 1.29 is 4.79 Å². The van der Waals surface area contributed by atoms with E-state index in [0.29, 0.717) is 0 Å². The molecule has 1 aromatic carbocycles. The Kier molecular flexibility index (Phi) is 3.86. The smallest absolute Gasteiger partial charge is 0.228 e. The molecular weight excluding hydrogens is 262 g/mol. The highest BCUT2D eigenvalue weighted by atomic mass is 16.1. The van der Waals surface area contributed by atoms with Gasteiger partial charge in [-0.1, -0.05) is 24.3 Å². The Morgan fingerprint density at radius 3 is 2.90 bits per heavy atom. The van der Waals surface area contributed by atoms with Crippen molar-refractivity contribution >= 4 is 11.6 Å². The van der Waals surface area contributed by atoms with Crippen LogP contribution in [-0.2, 0) is 4.79 Å². The number of nitrogens with zero attached hydrogens (tertiary/aromatic N) is 1. The Bertz CT molecular complexity index is 627. The maximum atomic E-state index is 12.6. The van der Waals surface area contributed by atoms with Crippen molar-refractivity contribution in [2.75, 3.05) is 11.9 Å². The van der Waals surface area contributed by atoms with E-state index >= 15 is 0 Å². The average Bonchev–Trinajstić information content (AvgIpc) is 2.55. The van der Waals surface area contributed by atoms with E-state index in [9.17, 15) is 4.79 Å². The maximum Gasteiger partial charge on any atom is 0.228 e. The summed E-state index contributed by atoms with van der Waals surface area (Å²) in [6.45, 7) is 2.79. The summed E-state index contributed by atoms with van der Waals surface area (Å²) in [5, 5.41) is 6.42. The van der Waals surface area contributed by atoms with E-state index in [4.69, 9.17) is 0 Å². The molecule has 0 saturated carbocycles. The summed E-state index contributed by atoms with van der Waals surface area (Å²) in [5.41, 5.74) is 3.02. The Hall–Kier alpha value is -2.36. The number of carbonyl (C=O) groups excluding carboxylic acids is 1. The van der Waals surface area contributed by atoms with Crippen LogP contribution in [0.15, 0.2) is 48.7 Å². The zero-order chi connectivity index (χ0) is 14.7. The molecule has 0 fully saturated rings. The number of rotatable bonds is 3. The van der Waals surface area contributed by atoms with E-state index in [1.54, 1.807) is 6.20 Å². The summed E-state index contributed by atoms with van der Waals surface area (Å²) in [6.07, 6.45) is 2.57. The summed E-state index contributed by atoms with van der Waals surface area (Å²) < 4.78 is 0. The van der Waals surface area contributed by atoms with Gasteiger partial charge in [0.25, 0.3) is 0 Å². The van der Waals surface area contributed by atoms with Crippen LogP contribution in [0.4, 0.5) is 5.69 Å². The third kappa shape index (κ3) is 2.89. The summed E-state index contributed by atoms with van der Waals surface area (Å²) in [7, 11) is 0. The molecule has 1 aromatic heterocycles. The highest BCUT2D eigenvalue weighted by Gasteiger charge is 2.27. The molecule has 21 heavy (non-hydrogen) atoms. The van der Waals surface area contributed by atoms with Crippen molar-refractivity contribution in [3.63, 3.8) is 0 Å². The number of pyridine rings is 1. The van der Waals surface area contributed by atoms with E-state index in [1.807, 2.05) is 49.4 Å². The Morgan fingerprint density at radius 2 is 2.10 bits per heavy atom. The first kappa shape index (κ1) is 13.6. The molecule has 1 aliphatic rings. The number of fused-ring (bicyclic) bond motifs is 1. The van der Waals surface area contributed by atoms with Gasteiger partial charge in [0.05, 0.1) is 17.7 Å². The predicted octanol–water partition coefficient (Wildman–Crippen LogP) is 2.86. The summed E-state index contributed by atoms with van der Waals surface area (Å²) in [4.78, 5) is 16.9. The van der Waals surface area contributed by atoms with Crippen LogP contribution in [-0.4, -0.2) is 17.4 Å². The molecule has 2 atom stereocenters. The number of amides is 1. The third-order valence-electron chi connectivity index (χ3n) is 3.89. The number of hydrogen-bond acceptors (Lipinski definition) is 3. The summed E-state index contributed by atoms with van der Waals surface area (Å²) in [6, 6.07) is 13.7. The quantitative estimate of drug-likeness (QED) is 0.909. The average molecular weight is 281 g/mol. The fraction of sp³-hybridized carbons (Fsp3) is 0.294. The molecule has 1 aliphatic heterocycles. The Balaban J connectivity index is 1.75. The molecule has 0 saturated heterocycles. The standard InChI is InChI=1S/C17H19N3O/c1-12(15-7-4-5-10-18-15)20-17(21)14-9-11-19-16-8-3-2-6-13(14)16/h2-8,10,12,14,19H,9,11H2,1H3,(H,20,21)/t12-,14?/m1/s1. The van der Waals surface area contributed by atoms with Gasteiger partial charge in [-0.05, 0) is 37.1 Å². The summed E-state index contributed by atoms with van der Waals surface area (Å²) >= 11 is 0. The number of anilines is 1. The first-order valence-corrected chi connectivity index (χ1v) is 7.30. The SMILES string of the molecule is C[C@@H](NC(=O)C1CCNc2ccccc21)c1ccccn1. The van der Waals surface area contributed by atoms with Gasteiger partial charge in [-0.3, -0.25) is 9.78 Å². The van der Waals surface area contributed by atoms with Crippen molar-refractivity contribution in [2.45, 2.75) is 25.3 Å². The van der Waals surface area contributed by atoms with Crippen LogP contribution in [0.1, 0.15) is 36.6 Å². The van der Waals surface area contributed by atoms with Gasteiger partial charge in [-0.2, -0.15) is 0 Å². The fourth-order valence-corrected chi connectivity index (χ4v) is 2.76. The van der Waals surface area contributed by atoms with Crippen molar-refractivity contribution in [1.29, 1.82) is 0 Å². The first-order chi connectivity index (χ1) is 10.3. The van der Waals surface area contributed by atoms with E-state index in [-0.39, 0.29) is 17.9 Å². The highest BCUT2D eigenvalue weighted by molar-refractivity contribution is 5.86. The van der Waals surface area contributed by atoms with Crippen LogP contribution >= 0.6 is 0 Å². The van der Waals surface area contributed by atoms with Crippen LogP contribution in [0, 0.1) is 0 Å². The number of para-hydroxylation sites is 1. The van der Waals surface area contributed by atoms with Crippen molar-refractivity contribution in [3.8, 4) is 0 Å². The zero-order valence-electron chi connectivity index (χ0n) is 12.0. The number of aromatic nitrogens is 1. The van der Waals surface area contributed by atoms with Gasteiger partial charge < -0.3 is 10.6 Å². The van der Waals surface area contributed by atoms with Crippen LogP contribution in [0.3, 0.4) is 0 Å².